The number of aryl methyl sites for hydroxylation is 2. The number of esters is 1. The molecule has 0 spiro atoms. The Morgan fingerprint density at radius 3 is 2.48 bits per heavy atom. The van der Waals surface area contributed by atoms with Gasteiger partial charge < -0.3 is 15.0 Å². The predicted octanol–water partition coefficient (Wildman–Crippen LogP) is 6.47. The highest BCUT2D eigenvalue weighted by Crippen LogP contribution is 2.48. The Kier molecular flexibility index (Phi) is 6.12. The predicted molar refractivity (Wildman–Crippen MR) is 164 cm³/mol. The van der Waals surface area contributed by atoms with Gasteiger partial charge in [-0.15, -0.1) is 0 Å². The van der Waals surface area contributed by atoms with Crippen molar-refractivity contribution >= 4 is 40.5 Å². The SMILES string of the molecule is COC(=O)c1ccc(C2c3c(C)nn(-c4ccccn4)c3N=C3C(Nc4cccc(C)c4)=Nc4ccccc4N32)cc1. The van der Waals surface area contributed by atoms with Gasteiger partial charge in [-0.2, -0.15) is 9.78 Å². The zero-order chi connectivity index (χ0) is 28.8. The first kappa shape index (κ1) is 25.4. The minimum absolute atomic E-state index is 0.317. The highest BCUT2D eigenvalue weighted by atomic mass is 16.5. The van der Waals surface area contributed by atoms with Crippen LogP contribution in [-0.2, 0) is 4.74 Å². The van der Waals surface area contributed by atoms with E-state index < -0.39 is 0 Å². The van der Waals surface area contributed by atoms with Crippen molar-refractivity contribution in [1.29, 1.82) is 0 Å². The lowest BCUT2D eigenvalue weighted by Gasteiger charge is -2.40. The van der Waals surface area contributed by atoms with E-state index in [1.165, 1.54) is 7.11 Å². The molecule has 1 N–H and O–H groups in total. The van der Waals surface area contributed by atoms with Crippen LogP contribution in [-0.4, -0.2) is 39.5 Å². The van der Waals surface area contributed by atoms with Gasteiger partial charge in [-0.05, 0) is 73.5 Å². The number of para-hydroxylation sites is 2. The Bertz CT molecular complexity index is 1890. The Morgan fingerprint density at radius 1 is 0.905 bits per heavy atom. The van der Waals surface area contributed by atoms with Crippen LogP contribution in [0.15, 0.2) is 107 Å². The van der Waals surface area contributed by atoms with Gasteiger partial charge in [0, 0.05) is 17.4 Å². The van der Waals surface area contributed by atoms with Crippen molar-refractivity contribution in [2.75, 3.05) is 17.3 Å². The third-order valence-electron chi connectivity index (χ3n) is 7.43. The van der Waals surface area contributed by atoms with Crippen LogP contribution in [0.2, 0.25) is 0 Å². The minimum Gasteiger partial charge on any atom is -0.465 e. The van der Waals surface area contributed by atoms with Gasteiger partial charge >= 0.3 is 5.97 Å². The number of nitrogens with zero attached hydrogens (tertiary/aromatic N) is 6. The molecule has 3 aromatic carbocycles. The molecule has 0 bridgehead atoms. The number of aromatic nitrogens is 3. The second-order valence-corrected chi connectivity index (χ2v) is 10.2. The molecule has 0 saturated heterocycles. The van der Waals surface area contributed by atoms with Crippen LogP contribution in [0.4, 0.5) is 22.9 Å². The van der Waals surface area contributed by atoms with Crippen LogP contribution in [0.5, 0.6) is 0 Å². The summed E-state index contributed by atoms with van der Waals surface area (Å²) in [4.78, 5) is 29.3. The fraction of sp³-hybridized carbons (Fsp3) is 0.121. The number of fused-ring (bicyclic) bond motifs is 4. The molecule has 0 saturated carbocycles. The van der Waals surface area contributed by atoms with E-state index in [1.807, 2.05) is 67.6 Å². The number of amidine groups is 2. The summed E-state index contributed by atoms with van der Waals surface area (Å²) in [6, 6.07) is 29.1. The highest BCUT2D eigenvalue weighted by Gasteiger charge is 2.41. The highest BCUT2D eigenvalue weighted by molar-refractivity contribution is 6.51. The normalized spacial score (nSPS) is 15.1. The largest absolute Gasteiger partial charge is 0.465 e. The van der Waals surface area contributed by atoms with Gasteiger partial charge in [0.15, 0.2) is 23.3 Å². The average molecular weight is 554 g/mol. The molecule has 1 unspecified atom stereocenters. The van der Waals surface area contributed by atoms with Crippen LogP contribution in [0.25, 0.3) is 5.82 Å². The lowest BCUT2D eigenvalue weighted by molar-refractivity contribution is 0.0600. The topological polar surface area (TPSA) is 97.0 Å². The van der Waals surface area contributed by atoms with Gasteiger partial charge in [-0.25, -0.2) is 19.8 Å². The van der Waals surface area contributed by atoms with Crippen molar-refractivity contribution in [3.05, 3.63) is 125 Å². The Morgan fingerprint density at radius 2 is 1.71 bits per heavy atom. The van der Waals surface area contributed by atoms with E-state index in [4.69, 9.17) is 19.8 Å². The number of aliphatic imine (C=N–C) groups is 2. The molecule has 0 radical (unpaired) electrons. The number of rotatable bonds is 4. The summed E-state index contributed by atoms with van der Waals surface area (Å²) in [5.41, 5.74) is 7.00. The van der Waals surface area contributed by atoms with E-state index >= 15 is 0 Å². The molecule has 206 valence electrons. The average Bonchev–Trinajstić information content (AvgIpc) is 3.36. The third-order valence-corrected chi connectivity index (χ3v) is 7.43. The van der Waals surface area contributed by atoms with Crippen molar-refractivity contribution < 1.29 is 9.53 Å². The molecule has 2 aromatic heterocycles. The quantitative estimate of drug-likeness (QED) is 0.256. The number of benzene rings is 3. The van der Waals surface area contributed by atoms with E-state index in [9.17, 15) is 4.79 Å². The van der Waals surface area contributed by atoms with Gasteiger partial charge in [0.1, 0.15) is 0 Å². The van der Waals surface area contributed by atoms with Gasteiger partial charge in [0.2, 0.25) is 0 Å². The number of hydrogen-bond donors (Lipinski definition) is 1. The van der Waals surface area contributed by atoms with Crippen LogP contribution in [0, 0.1) is 13.8 Å². The van der Waals surface area contributed by atoms with Crippen LogP contribution in [0.3, 0.4) is 0 Å². The standard InChI is InChI=1S/C33H27N7O2/c1-20-9-8-10-24(19-20)35-30-32-37-31-28(21(2)38-40(31)27-13-6-7-18-34-27)29(22-14-16-23(17-15-22)33(41)42-3)39(32)26-12-5-4-11-25(26)36-30/h4-19,29H,1-3H3,(H,35,36). The molecular formula is C33H27N7O2. The summed E-state index contributed by atoms with van der Waals surface area (Å²) in [6.07, 6.45) is 1.74. The Hall–Kier alpha value is -5.57. The smallest absolute Gasteiger partial charge is 0.337 e. The minimum atomic E-state index is -0.382. The maximum Gasteiger partial charge on any atom is 0.337 e. The first-order valence-electron chi connectivity index (χ1n) is 13.6. The number of hydrogen-bond acceptors (Lipinski definition) is 8. The number of nitrogens with one attached hydrogen (secondary N) is 1. The van der Waals surface area contributed by atoms with Crippen LogP contribution < -0.4 is 10.2 Å². The fourth-order valence-electron chi connectivity index (χ4n) is 5.53. The molecule has 0 aliphatic carbocycles. The molecule has 0 fully saturated rings. The molecule has 2 aliphatic heterocycles. The van der Waals surface area contributed by atoms with Crippen LogP contribution in [0.1, 0.15) is 38.8 Å². The van der Waals surface area contributed by atoms with Crippen molar-refractivity contribution in [2.24, 2.45) is 9.98 Å². The number of methoxy groups -OCH3 is 1. The first-order valence-corrected chi connectivity index (χ1v) is 13.6. The summed E-state index contributed by atoms with van der Waals surface area (Å²) in [5.74, 6) is 2.24. The summed E-state index contributed by atoms with van der Waals surface area (Å²) in [5, 5.41) is 8.45. The molecular weight excluding hydrogens is 526 g/mol. The number of carbonyl (C=O) groups excluding carboxylic acids is 1. The second kappa shape index (κ2) is 10.1. The van der Waals surface area contributed by atoms with E-state index in [1.54, 1.807) is 23.0 Å². The van der Waals surface area contributed by atoms with Crippen molar-refractivity contribution in [2.45, 2.75) is 19.9 Å². The van der Waals surface area contributed by atoms with Crippen molar-refractivity contribution in [3.8, 4) is 5.82 Å². The van der Waals surface area contributed by atoms with Gasteiger partial charge in [0.25, 0.3) is 0 Å². The zero-order valence-corrected chi connectivity index (χ0v) is 23.3. The van der Waals surface area contributed by atoms with Gasteiger partial charge in [0.05, 0.1) is 35.8 Å². The number of pyridine rings is 1. The molecule has 9 nitrogen and oxygen atoms in total. The van der Waals surface area contributed by atoms with Crippen molar-refractivity contribution in [3.63, 3.8) is 0 Å². The Balaban J connectivity index is 1.47. The number of anilines is 2. The molecule has 4 heterocycles. The molecule has 7 rings (SSSR count). The van der Waals surface area contributed by atoms with Crippen molar-refractivity contribution in [1.82, 2.24) is 14.8 Å². The fourth-order valence-corrected chi connectivity index (χ4v) is 5.53. The lowest BCUT2D eigenvalue weighted by atomic mass is 9.92. The second-order valence-electron chi connectivity index (χ2n) is 10.2. The summed E-state index contributed by atoms with van der Waals surface area (Å²) >= 11 is 0. The summed E-state index contributed by atoms with van der Waals surface area (Å²) < 4.78 is 6.74. The third kappa shape index (κ3) is 4.23. The number of carbonyl (C=O) groups is 1. The molecule has 5 aromatic rings. The van der Waals surface area contributed by atoms with Gasteiger partial charge in [-0.3, -0.25) is 0 Å². The number of ether oxygens (including phenoxy) is 1. The monoisotopic (exact) mass is 553 g/mol. The molecule has 0 amide bonds. The molecule has 9 heteroatoms. The molecule has 1 atom stereocenters. The zero-order valence-electron chi connectivity index (χ0n) is 23.3. The Labute approximate surface area is 242 Å². The molecule has 2 aliphatic rings. The van der Waals surface area contributed by atoms with E-state index in [2.05, 4.69) is 40.3 Å². The van der Waals surface area contributed by atoms with Crippen LogP contribution >= 0.6 is 0 Å². The van der Waals surface area contributed by atoms with E-state index in [0.717, 1.165) is 39.4 Å². The lowest BCUT2D eigenvalue weighted by Crippen LogP contribution is -2.46. The van der Waals surface area contributed by atoms with Gasteiger partial charge in [-0.1, -0.05) is 42.5 Å². The summed E-state index contributed by atoms with van der Waals surface area (Å²) in [6.45, 7) is 4.05. The maximum atomic E-state index is 12.2. The molecule has 42 heavy (non-hydrogen) atoms. The van der Waals surface area contributed by atoms with E-state index in [0.29, 0.717) is 28.9 Å². The maximum absolute atomic E-state index is 12.2. The summed E-state index contributed by atoms with van der Waals surface area (Å²) in [7, 11) is 1.38. The first-order chi connectivity index (χ1) is 20.5. The van der Waals surface area contributed by atoms with E-state index in [-0.39, 0.29) is 12.0 Å².